The Hall–Kier alpha value is -3.08. The van der Waals surface area contributed by atoms with Crippen molar-refractivity contribution in [3.05, 3.63) is 71.8 Å². The smallest absolute Gasteiger partial charge is 0.246 e. The second-order valence-corrected chi connectivity index (χ2v) is 7.16. The number of piperidine rings is 1. The molecular formula is C24H28N2O3. The van der Waals surface area contributed by atoms with E-state index in [-0.39, 0.29) is 17.9 Å². The Kier molecular flexibility index (Phi) is 7.45. The predicted molar refractivity (Wildman–Crippen MR) is 115 cm³/mol. The van der Waals surface area contributed by atoms with Crippen LogP contribution in [0, 0.1) is 0 Å². The lowest BCUT2D eigenvalue weighted by Crippen LogP contribution is -2.46. The standard InChI is InChI=1S/C24H28N2O3/c1-2-29-22-11-8-20(9-12-22)18-23(27)25-21-14-16-26(17-15-21)24(28)13-10-19-6-4-3-5-7-19/h3-13,21H,2,14-18H2,1H3,(H,25,27)/b13-10+. The van der Waals surface area contributed by atoms with E-state index in [0.29, 0.717) is 26.1 Å². The third-order valence-electron chi connectivity index (χ3n) is 4.99. The van der Waals surface area contributed by atoms with Gasteiger partial charge in [-0.2, -0.15) is 0 Å². The minimum Gasteiger partial charge on any atom is -0.494 e. The Morgan fingerprint density at radius 1 is 1.07 bits per heavy atom. The summed E-state index contributed by atoms with van der Waals surface area (Å²) < 4.78 is 5.42. The van der Waals surface area contributed by atoms with Crippen LogP contribution in [-0.4, -0.2) is 42.5 Å². The van der Waals surface area contributed by atoms with Gasteiger partial charge in [0.2, 0.25) is 11.8 Å². The number of hydrogen-bond acceptors (Lipinski definition) is 3. The third kappa shape index (κ3) is 6.49. The van der Waals surface area contributed by atoms with Gasteiger partial charge in [0.1, 0.15) is 5.75 Å². The first-order valence-corrected chi connectivity index (χ1v) is 10.2. The minimum absolute atomic E-state index is 0.0166. The van der Waals surface area contributed by atoms with E-state index in [0.717, 1.165) is 29.7 Å². The number of carbonyl (C=O) groups excluding carboxylic acids is 2. The number of amides is 2. The van der Waals surface area contributed by atoms with E-state index in [4.69, 9.17) is 4.74 Å². The maximum atomic E-state index is 12.4. The molecule has 1 heterocycles. The molecule has 2 amide bonds. The van der Waals surface area contributed by atoms with E-state index >= 15 is 0 Å². The summed E-state index contributed by atoms with van der Waals surface area (Å²) in [5, 5.41) is 3.10. The quantitative estimate of drug-likeness (QED) is 0.735. The van der Waals surface area contributed by atoms with Crippen molar-refractivity contribution in [2.75, 3.05) is 19.7 Å². The van der Waals surface area contributed by atoms with Crippen LogP contribution in [0.15, 0.2) is 60.7 Å². The maximum absolute atomic E-state index is 12.4. The normalized spacial score (nSPS) is 14.7. The Morgan fingerprint density at radius 2 is 1.76 bits per heavy atom. The lowest BCUT2D eigenvalue weighted by molar-refractivity contribution is -0.127. The summed E-state index contributed by atoms with van der Waals surface area (Å²) in [5.74, 6) is 0.853. The van der Waals surface area contributed by atoms with Crippen LogP contribution >= 0.6 is 0 Å². The number of benzene rings is 2. The van der Waals surface area contributed by atoms with E-state index in [2.05, 4.69) is 5.32 Å². The minimum atomic E-state index is 0.0166. The molecule has 5 heteroatoms. The molecule has 0 aromatic heterocycles. The van der Waals surface area contributed by atoms with Crippen LogP contribution in [0.1, 0.15) is 30.9 Å². The molecule has 0 aliphatic carbocycles. The van der Waals surface area contributed by atoms with E-state index < -0.39 is 0 Å². The molecule has 2 aromatic carbocycles. The van der Waals surface area contributed by atoms with Crippen molar-refractivity contribution in [3.8, 4) is 5.75 Å². The van der Waals surface area contributed by atoms with Gasteiger partial charge in [0.25, 0.3) is 0 Å². The Balaban J connectivity index is 1.41. The van der Waals surface area contributed by atoms with Gasteiger partial charge in [-0.05, 0) is 49.1 Å². The van der Waals surface area contributed by atoms with Crippen LogP contribution < -0.4 is 10.1 Å². The Labute approximate surface area is 172 Å². The molecular weight excluding hydrogens is 364 g/mol. The lowest BCUT2D eigenvalue weighted by Gasteiger charge is -2.31. The van der Waals surface area contributed by atoms with Crippen molar-refractivity contribution < 1.29 is 14.3 Å². The number of nitrogens with one attached hydrogen (secondary N) is 1. The number of rotatable bonds is 7. The average Bonchev–Trinajstić information content (AvgIpc) is 2.75. The first kappa shape index (κ1) is 20.6. The molecule has 0 spiro atoms. The first-order chi connectivity index (χ1) is 14.1. The van der Waals surface area contributed by atoms with Crippen LogP contribution in [0.25, 0.3) is 6.08 Å². The van der Waals surface area contributed by atoms with Gasteiger partial charge in [-0.1, -0.05) is 42.5 Å². The fourth-order valence-corrected chi connectivity index (χ4v) is 3.42. The van der Waals surface area contributed by atoms with Crippen LogP contribution in [0.5, 0.6) is 5.75 Å². The third-order valence-corrected chi connectivity index (χ3v) is 4.99. The van der Waals surface area contributed by atoms with Gasteiger partial charge in [0, 0.05) is 25.2 Å². The lowest BCUT2D eigenvalue weighted by atomic mass is 10.0. The molecule has 0 atom stereocenters. The summed E-state index contributed by atoms with van der Waals surface area (Å²) in [4.78, 5) is 26.5. The monoisotopic (exact) mass is 392 g/mol. The van der Waals surface area contributed by atoms with Gasteiger partial charge in [-0.25, -0.2) is 0 Å². The molecule has 0 bridgehead atoms. The molecule has 5 nitrogen and oxygen atoms in total. The van der Waals surface area contributed by atoms with Crippen molar-refractivity contribution in [2.24, 2.45) is 0 Å². The van der Waals surface area contributed by atoms with Crippen molar-refractivity contribution in [1.82, 2.24) is 10.2 Å². The summed E-state index contributed by atoms with van der Waals surface area (Å²) in [5.41, 5.74) is 1.97. The molecule has 1 aliphatic rings. The second kappa shape index (κ2) is 10.5. The Morgan fingerprint density at radius 3 is 2.41 bits per heavy atom. The average molecular weight is 392 g/mol. The van der Waals surface area contributed by atoms with Crippen LogP contribution in [0.3, 0.4) is 0 Å². The Bertz CT molecular complexity index is 823. The molecule has 1 fully saturated rings. The summed E-state index contributed by atoms with van der Waals surface area (Å²) in [7, 11) is 0. The van der Waals surface area contributed by atoms with Crippen molar-refractivity contribution in [3.63, 3.8) is 0 Å². The van der Waals surface area contributed by atoms with Crippen molar-refractivity contribution >= 4 is 17.9 Å². The summed E-state index contributed by atoms with van der Waals surface area (Å²) in [6.45, 7) is 3.89. The number of carbonyl (C=O) groups is 2. The summed E-state index contributed by atoms with van der Waals surface area (Å²) >= 11 is 0. The van der Waals surface area contributed by atoms with Crippen molar-refractivity contribution in [1.29, 1.82) is 0 Å². The summed E-state index contributed by atoms with van der Waals surface area (Å²) in [6.07, 6.45) is 5.37. The number of ether oxygens (including phenoxy) is 1. The first-order valence-electron chi connectivity index (χ1n) is 10.2. The number of likely N-dealkylation sites (tertiary alicyclic amines) is 1. The molecule has 1 N–H and O–H groups in total. The highest BCUT2D eigenvalue weighted by Gasteiger charge is 2.22. The van der Waals surface area contributed by atoms with E-state index in [1.54, 1.807) is 6.08 Å². The molecule has 0 unspecified atom stereocenters. The largest absolute Gasteiger partial charge is 0.494 e. The highest BCUT2D eigenvalue weighted by molar-refractivity contribution is 5.91. The molecule has 0 radical (unpaired) electrons. The van der Waals surface area contributed by atoms with Crippen molar-refractivity contribution in [2.45, 2.75) is 32.2 Å². The zero-order valence-electron chi connectivity index (χ0n) is 16.8. The zero-order chi connectivity index (χ0) is 20.5. The van der Waals surface area contributed by atoms with Gasteiger partial charge in [-0.15, -0.1) is 0 Å². The predicted octanol–water partition coefficient (Wildman–Crippen LogP) is 3.45. The molecule has 152 valence electrons. The van der Waals surface area contributed by atoms with Crippen LogP contribution in [0.2, 0.25) is 0 Å². The maximum Gasteiger partial charge on any atom is 0.246 e. The molecule has 29 heavy (non-hydrogen) atoms. The van der Waals surface area contributed by atoms with Gasteiger partial charge in [0.15, 0.2) is 0 Å². The molecule has 1 saturated heterocycles. The molecule has 2 aromatic rings. The zero-order valence-corrected chi connectivity index (χ0v) is 16.8. The number of nitrogens with zero attached hydrogens (tertiary/aromatic N) is 1. The topological polar surface area (TPSA) is 58.6 Å². The molecule has 0 saturated carbocycles. The second-order valence-electron chi connectivity index (χ2n) is 7.16. The summed E-state index contributed by atoms with van der Waals surface area (Å²) in [6, 6.07) is 17.5. The highest BCUT2D eigenvalue weighted by Crippen LogP contribution is 2.14. The van der Waals surface area contributed by atoms with E-state index in [1.807, 2.05) is 72.5 Å². The SMILES string of the molecule is CCOc1ccc(CC(=O)NC2CCN(C(=O)/C=C/c3ccccc3)CC2)cc1. The van der Waals surface area contributed by atoms with Gasteiger partial charge < -0.3 is 15.0 Å². The van der Waals surface area contributed by atoms with Gasteiger partial charge in [-0.3, -0.25) is 9.59 Å². The van der Waals surface area contributed by atoms with E-state index in [9.17, 15) is 9.59 Å². The number of hydrogen-bond donors (Lipinski definition) is 1. The van der Waals surface area contributed by atoms with Crippen LogP contribution in [0.4, 0.5) is 0 Å². The van der Waals surface area contributed by atoms with Gasteiger partial charge in [0.05, 0.1) is 13.0 Å². The fraction of sp³-hybridized carbons (Fsp3) is 0.333. The van der Waals surface area contributed by atoms with Crippen LogP contribution in [-0.2, 0) is 16.0 Å². The molecule has 3 rings (SSSR count). The highest BCUT2D eigenvalue weighted by atomic mass is 16.5. The van der Waals surface area contributed by atoms with Gasteiger partial charge >= 0.3 is 0 Å². The molecule has 1 aliphatic heterocycles. The van der Waals surface area contributed by atoms with E-state index in [1.165, 1.54) is 0 Å². The fourth-order valence-electron chi connectivity index (χ4n) is 3.42.